The molecule has 0 aliphatic carbocycles. The van der Waals surface area contributed by atoms with Crippen LogP contribution in [0.2, 0.25) is 0 Å². The Labute approximate surface area is 77.2 Å². The van der Waals surface area contributed by atoms with Crippen molar-refractivity contribution < 1.29 is 14.4 Å². The molecular weight excluding hydrogens is 170 g/mol. The highest BCUT2D eigenvalue weighted by molar-refractivity contribution is 5.94. The van der Waals surface area contributed by atoms with Gasteiger partial charge in [0.2, 0.25) is 0 Å². The normalized spacial score (nSPS) is 8.77. The number of rotatable bonds is 3. The Morgan fingerprint density at radius 1 is 1.38 bits per heavy atom. The average Bonchev–Trinajstić information content (AvgIpc) is 2.11. The minimum atomic E-state index is -0.655. The first-order valence-electron chi connectivity index (χ1n) is 3.83. The molecule has 0 radical (unpaired) electrons. The Kier molecular flexibility index (Phi) is 4.51. The summed E-state index contributed by atoms with van der Waals surface area (Å²) in [6, 6.07) is 0. The van der Waals surface area contributed by atoms with Crippen LogP contribution in [0.15, 0.2) is 24.3 Å². The second kappa shape index (κ2) is 5.13. The van der Waals surface area contributed by atoms with E-state index in [4.69, 9.17) is 0 Å². The minimum absolute atomic E-state index is 0.224. The molecule has 0 fully saturated rings. The molecule has 4 heteroatoms. The molecule has 0 aromatic rings. The molecule has 0 spiro atoms. The van der Waals surface area contributed by atoms with Gasteiger partial charge in [-0.2, -0.15) is 5.48 Å². The molecule has 72 valence electrons. The first-order valence-corrected chi connectivity index (χ1v) is 3.83. The molecule has 0 aromatic carbocycles. The Balaban J connectivity index is 3.90. The lowest BCUT2D eigenvalue weighted by molar-refractivity contribution is -0.152. The number of hydrogen-bond donors (Lipinski definition) is 1. The van der Waals surface area contributed by atoms with Gasteiger partial charge < -0.3 is 4.84 Å². The van der Waals surface area contributed by atoms with Gasteiger partial charge in [0, 0.05) is 11.1 Å². The highest BCUT2D eigenvalue weighted by Gasteiger charge is 2.08. The predicted molar refractivity (Wildman–Crippen MR) is 48.5 cm³/mol. The number of hydroxylamine groups is 1. The highest BCUT2D eigenvalue weighted by Crippen LogP contribution is 1.96. The minimum Gasteiger partial charge on any atom is -0.335 e. The SMILES string of the molecule is C=C(C)C(=O)ONC(=O)C(=C)CC. The Bertz CT molecular complexity index is 256. The molecule has 0 aromatic heterocycles. The van der Waals surface area contributed by atoms with Gasteiger partial charge in [-0.1, -0.05) is 20.1 Å². The smallest absolute Gasteiger partial charge is 0.335 e. The molecule has 1 amide bonds. The molecule has 0 rings (SSSR count). The number of nitrogens with one attached hydrogen (secondary N) is 1. The maximum Gasteiger partial charge on any atom is 0.358 e. The molecule has 0 saturated carbocycles. The van der Waals surface area contributed by atoms with E-state index in [0.29, 0.717) is 12.0 Å². The maximum atomic E-state index is 11.0. The third-order valence-corrected chi connectivity index (χ3v) is 1.33. The van der Waals surface area contributed by atoms with Crippen molar-refractivity contribution in [1.82, 2.24) is 5.48 Å². The monoisotopic (exact) mass is 183 g/mol. The zero-order valence-electron chi connectivity index (χ0n) is 7.85. The zero-order chi connectivity index (χ0) is 10.4. The van der Waals surface area contributed by atoms with Crippen LogP contribution >= 0.6 is 0 Å². The lowest BCUT2D eigenvalue weighted by Gasteiger charge is -2.05. The highest BCUT2D eigenvalue weighted by atomic mass is 16.7. The maximum absolute atomic E-state index is 11.0. The lowest BCUT2D eigenvalue weighted by Crippen LogP contribution is -2.28. The third kappa shape index (κ3) is 4.10. The summed E-state index contributed by atoms with van der Waals surface area (Å²) in [6.07, 6.45) is 0.510. The van der Waals surface area contributed by atoms with E-state index in [1.54, 1.807) is 6.92 Å². The van der Waals surface area contributed by atoms with Gasteiger partial charge in [-0.15, -0.1) is 0 Å². The van der Waals surface area contributed by atoms with Crippen LogP contribution in [0.3, 0.4) is 0 Å². The van der Waals surface area contributed by atoms with E-state index in [0.717, 1.165) is 0 Å². The van der Waals surface area contributed by atoms with Gasteiger partial charge in [0.25, 0.3) is 5.91 Å². The van der Waals surface area contributed by atoms with Gasteiger partial charge in [-0.3, -0.25) is 4.79 Å². The molecule has 0 aliphatic heterocycles. The van der Waals surface area contributed by atoms with E-state index < -0.39 is 11.9 Å². The summed E-state index contributed by atoms with van der Waals surface area (Å²) in [4.78, 5) is 26.2. The van der Waals surface area contributed by atoms with Crippen molar-refractivity contribution in [3.05, 3.63) is 24.3 Å². The Hall–Kier alpha value is -1.58. The summed E-state index contributed by atoms with van der Waals surface area (Å²) >= 11 is 0. The lowest BCUT2D eigenvalue weighted by atomic mass is 10.2. The van der Waals surface area contributed by atoms with Crippen molar-refractivity contribution in [2.45, 2.75) is 20.3 Å². The van der Waals surface area contributed by atoms with Gasteiger partial charge in [0.05, 0.1) is 0 Å². The van der Waals surface area contributed by atoms with Crippen LogP contribution in [0.25, 0.3) is 0 Å². The van der Waals surface area contributed by atoms with Crippen molar-refractivity contribution in [3.8, 4) is 0 Å². The van der Waals surface area contributed by atoms with Crippen LogP contribution in [-0.2, 0) is 14.4 Å². The van der Waals surface area contributed by atoms with E-state index in [1.165, 1.54) is 6.92 Å². The van der Waals surface area contributed by atoms with E-state index in [1.807, 2.05) is 5.48 Å². The first-order chi connectivity index (χ1) is 5.99. The van der Waals surface area contributed by atoms with Crippen LogP contribution < -0.4 is 5.48 Å². The predicted octanol–water partition coefficient (Wildman–Crippen LogP) is 1.10. The summed E-state index contributed by atoms with van der Waals surface area (Å²) in [7, 11) is 0. The molecule has 0 bridgehead atoms. The zero-order valence-corrected chi connectivity index (χ0v) is 7.85. The average molecular weight is 183 g/mol. The fourth-order valence-corrected chi connectivity index (χ4v) is 0.413. The summed E-state index contributed by atoms with van der Waals surface area (Å²) in [6.45, 7) is 10.1. The fourth-order valence-electron chi connectivity index (χ4n) is 0.413. The second-order valence-corrected chi connectivity index (χ2v) is 2.56. The van der Waals surface area contributed by atoms with Gasteiger partial charge in [0.1, 0.15) is 0 Å². The van der Waals surface area contributed by atoms with Gasteiger partial charge in [-0.25, -0.2) is 4.79 Å². The quantitative estimate of drug-likeness (QED) is 0.526. The molecule has 4 nitrogen and oxygen atoms in total. The first kappa shape index (κ1) is 11.4. The van der Waals surface area contributed by atoms with Crippen LogP contribution in [-0.4, -0.2) is 11.9 Å². The van der Waals surface area contributed by atoms with Crippen LogP contribution in [0.4, 0.5) is 0 Å². The van der Waals surface area contributed by atoms with Crippen molar-refractivity contribution in [3.63, 3.8) is 0 Å². The number of amides is 1. The van der Waals surface area contributed by atoms with E-state index in [9.17, 15) is 9.59 Å². The van der Waals surface area contributed by atoms with Crippen molar-refractivity contribution in [2.24, 2.45) is 0 Å². The van der Waals surface area contributed by atoms with Gasteiger partial charge in [-0.05, 0) is 13.3 Å². The summed E-state index contributed by atoms with van der Waals surface area (Å²) in [5.41, 5.74) is 2.55. The summed E-state index contributed by atoms with van der Waals surface area (Å²) in [5, 5.41) is 0. The van der Waals surface area contributed by atoms with Crippen molar-refractivity contribution in [1.29, 1.82) is 0 Å². The van der Waals surface area contributed by atoms with Gasteiger partial charge >= 0.3 is 5.97 Å². The Morgan fingerprint density at radius 2 is 1.92 bits per heavy atom. The molecule has 0 heterocycles. The number of hydrogen-bond acceptors (Lipinski definition) is 3. The molecule has 0 unspecified atom stereocenters. The fraction of sp³-hybridized carbons (Fsp3) is 0.333. The molecule has 13 heavy (non-hydrogen) atoms. The van der Waals surface area contributed by atoms with E-state index >= 15 is 0 Å². The largest absolute Gasteiger partial charge is 0.358 e. The topological polar surface area (TPSA) is 55.4 Å². The molecule has 0 aliphatic rings. The molecular formula is C9H13NO3. The summed E-state index contributed by atoms with van der Waals surface area (Å²) < 4.78 is 0. The molecule has 0 saturated heterocycles. The standard InChI is InChI=1S/C9H13NO3/c1-5-7(4)8(11)10-13-9(12)6(2)3/h2,4-5H2,1,3H3,(H,10,11). The van der Waals surface area contributed by atoms with Gasteiger partial charge in [0.15, 0.2) is 0 Å². The second-order valence-electron chi connectivity index (χ2n) is 2.56. The summed E-state index contributed by atoms with van der Waals surface area (Å²) in [5.74, 6) is -1.14. The van der Waals surface area contributed by atoms with E-state index in [-0.39, 0.29) is 5.57 Å². The van der Waals surface area contributed by atoms with Crippen molar-refractivity contribution >= 4 is 11.9 Å². The Morgan fingerprint density at radius 3 is 2.31 bits per heavy atom. The van der Waals surface area contributed by atoms with Crippen molar-refractivity contribution in [2.75, 3.05) is 0 Å². The van der Waals surface area contributed by atoms with Crippen LogP contribution in [0, 0.1) is 0 Å². The number of carbonyl (C=O) groups excluding carboxylic acids is 2. The van der Waals surface area contributed by atoms with Crippen LogP contribution in [0.5, 0.6) is 0 Å². The molecule has 1 N–H and O–H groups in total. The molecule has 0 atom stereocenters. The van der Waals surface area contributed by atoms with Crippen LogP contribution in [0.1, 0.15) is 20.3 Å². The third-order valence-electron chi connectivity index (χ3n) is 1.33. The van der Waals surface area contributed by atoms with E-state index in [2.05, 4.69) is 18.0 Å². The number of carbonyl (C=O) groups is 2.